The van der Waals surface area contributed by atoms with Gasteiger partial charge in [-0.05, 0) is 51.7 Å². The summed E-state index contributed by atoms with van der Waals surface area (Å²) in [5, 5.41) is 0. The minimum absolute atomic E-state index is 0.173. The van der Waals surface area contributed by atoms with Gasteiger partial charge in [0.15, 0.2) is 11.6 Å². The maximum Gasteiger partial charge on any atom is 0.163 e. The number of carbonyl (C=O) groups is 2. The predicted octanol–water partition coefficient (Wildman–Crippen LogP) is 5.55. The first kappa shape index (κ1) is 18.1. The molecule has 2 aromatic rings. The normalized spacial score (nSPS) is 10.7. The number of benzene rings is 2. The zero-order valence-corrected chi connectivity index (χ0v) is 15.1. The van der Waals surface area contributed by atoms with E-state index >= 15 is 0 Å². The lowest BCUT2D eigenvalue weighted by atomic mass is 9.96. The molecule has 2 rings (SSSR count). The lowest BCUT2D eigenvalue weighted by Gasteiger charge is -2.07. The second-order valence-corrected chi connectivity index (χ2v) is 6.69. The van der Waals surface area contributed by atoms with Crippen molar-refractivity contribution in [3.05, 3.63) is 69.8 Å². The second-order valence-electron chi connectivity index (χ2n) is 6.69. The molecule has 126 valence electrons. The van der Waals surface area contributed by atoms with Gasteiger partial charge in [0.1, 0.15) is 0 Å². The Kier molecular flexibility index (Phi) is 6.08. The molecule has 0 radical (unpaired) electrons. The summed E-state index contributed by atoms with van der Waals surface area (Å²) in [4.78, 5) is 24.6. The topological polar surface area (TPSA) is 34.1 Å². The number of ketones is 2. The van der Waals surface area contributed by atoms with Crippen molar-refractivity contribution in [3.63, 3.8) is 0 Å². The van der Waals surface area contributed by atoms with Crippen LogP contribution < -0.4 is 0 Å². The van der Waals surface area contributed by atoms with Crippen LogP contribution in [0.1, 0.15) is 68.7 Å². The van der Waals surface area contributed by atoms with Crippen LogP contribution in [0.3, 0.4) is 0 Å². The molecule has 0 amide bonds. The van der Waals surface area contributed by atoms with Crippen LogP contribution in [0.4, 0.5) is 0 Å². The molecule has 2 nitrogen and oxygen atoms in total. The van der Waals surface area contributed by atoms with E-state index in [1.165, 1.54) is 11.1 Å². The molecule has 0 atom stereocenters. The van der Waals surface area contributed by atoms with Crippen LogP contribution in [0, 0.1) is 27.7 Å². The van der Waals surface area contributed by atoms with Crippen LogP contribution in [0.2, 0.25) is 0 Å². The molecule has 0 aliphatic carbocycles. The maximum atomic E-state index is 12.3. The van der Waals surface area contributed by atoms with E-state index in [9.17, 15) is 9.59 Å². The van der Waals surface area contributed by atoms with Gasteiger partial charge >= 0.3 is 0 Å². The molecule has 0 aliphatic heterocycles. The highest BCUT2D eigenvalue weighted by Gasteiger charge is 2.11. The van der Waals surface area contributed by atoms with E-state index in [0.29, 0.717) is 12.8 Å². The lowest BCUT2D eigenvalue weighted by molar-refractivity contribution is 0.0954. The molecule has 2 heteroatoms. The molecule has 0 aliphatic rings. The largest absolute Gasteiger partial charge is 0.294 e. The average Bonchev–Trinajstić information content (AvgIpc) is 2.51. The Morgan fingerprint density at radius 3 is 1.38 bits per heavy atom. The van der Waals surface area contributed by atoms with E-state index in [1.807, 2.05) is 64.1 Å². The first-order chi connectivity index (χ1) is 11.4. The van der Waals surface area contributed by atoms with Gasteiger partial charge in [0.05, 0.1) is 0 Å². The third-order valence-corrected chi connectivity index (χ3v) is 4.42. The highest BCUT2D eigenvalue weighted by Crippen LogP contribution is 2.17. The minimum atomic E-state index is 0.173. The van der Waals surface area contributed by atoms with E-state index < -0.39 is 0 Å². The summed E-state index contributed by atoms with van der Waals surface area (Å²) in [5.74, 6) is 0.345. The summed E-state index contributed by atoms with van der Waals surface area (Å²) in [6, 6.07) is 11.9. The zero-order valence-electron chi connectivity index (χ0n) is 15.1. The number of rotatable bonds is 7. The predicted molar refractivity (Wildman–Crippen MR) is 99.0 cm³/mol. The molecule has 0 saturated heterocycles. The molecular formula is C22H26O2. The fraction of sp³-hybridized carbons (Fsp3) is 0.364. The van der Waals surface area contributed by atoms with E-state index in [1.54, 1.807) is 0 Å². The third kappa shape index (κ3) is 4.64. The molecular weight excluding hydrogens is 296 g/mol. The van der Waals surface area contributed by atoms with E-state index in [4.69, 9.17) is 0 Å². The number of hydrogen-bond acceptors (Lipinski definition) is 2. The van der Waals surface area contributed by atoms with E-state index in [2.05, 4.69) is 0 Å². The molecule has 0 bridgehead atoms. The van der Waals surface area contributed by atoms with Crippen LogP contribution in [0.5, 0.6) is 0 Å². The monoisotopic (exact) mass is 322 g/mol. The standard InChI is InChI=1S/C22H26O2/c1-15-9-11-19(17(3)13-15)21(23)7-5-6-8-22(24)20-12-10-16(2)14-18(20)4/h9-14H,5-8H2,1-4H3. The molecule has 0 spiro atoms. The molecule has 0 fully saturated rings. The Bertz CT molecular complexity index is 691. The fourth-order valence-corrected chi connectivity index (χ4v) is 3.09. The molecule has 2 aromatic carbocycles. The van der Waals surface area contributed by atoms with E-state index in [-0.39, 0.29) is 11.6 Å². The quantitative estimate of drug-likeness (QED) is 0.495. The van der Waals surface area contributed by atoms with Crippen molar-refractivity contribution < 1.29 is 9.59 Å². The average molecular weight is 322 g/mol. The highest BCUT2D eigenvalue weighted by molar-refractivity contribution is 5.98. The number of carbonyl (C=O) groups excluding carboxylic acids is 2. The first-order valence-corrected chi connectivity index (χ1v) is 8.59. The van der Waals surface area contributed by atoms with Gasteiger partial charge < -0.3 is 0 Å². The van der Waals surface area contributed by atoms with Gasteiger partial charge in [0.25, 0.3) is 0 Å². The minimum Gasteiger partial charge on any atom is -0.294 e. The maximum absolute atomic E-state index is 12.3. The Hall–Kier alpha value is -2.22. The van der Waals surface area contributed by atoms with Crippen molar-refractivity contribution >= 4 is 11.6 Å². The Morgan fingerprint density at radius 1 is 0.667 bits per heavy atom. The van der Waals surface area contributed by atoms with Crippen LogP contribution in [0.15, 0.2) is 36.4 Å². The zero-order chi connectivity index (χ0) is 17.7. The number of hydrogen-bond donors (Lipinski definition) is 0. The molecule has 0 heterocycles. The summed E-state index contributed by atoms with van der Waals surface area (Å²) < 4.78 is 0. The molecule has 0 N–H and O–H groups in total. The molecule has 24 heavy (non-hydrogen) atoms. The van der Waals surface area contributed by atoms with Crippen molar-refractivity contribution in [2.24, 2.45) is 0 Å². The summed E-state index contributed by atoms with van der Waals surface area (Å²) >= 11 is 0. The van der Waals surface area contributed by atoms with E-state index in [0.717, 1.165) is 35.1 Å². The van der Waals surface area contributed by atoms with Crippen LogP contribution >= 0.6 is 0 Å². The van der Waals surface area contributed by atoms with Gasteiger partial charge in [-0.2, -0.15) is 0 Å². The molecule has 0 aromatic heterocycles. The third-order valence-electron chi connectivity index (χ3n) is 4.42. The SMILES string of the molecule is Cc1ccc(C(=O)CCCCC(=O)c2ccc(C)cc2C)c(C)c1. The molecule has 0 saturated carbocycles. The smallest absolute Gasteiger partial charge is 0.163 e. The van der Waals surface area contributed by atoms with Crippen molar-refractivity contribution in [3.8, 4) is 0 Å². The van der Waals surface area contributed by atoms with Gasteiger partial charge in [-0.1, -0.05) is 47.5 Å². The van der Waals surface area contributed by atoms with Crippen molar-refractivity contribution in [1.82, 2.24) is 0 Å². The van der Waals surface area contributed by atoms with Gasteiger partial charge in [0.2, 0.25) is 0 Å². The Labute approximate surface area is 144 Å². The van der Waals surface area contributed by atoms with Gasteiger partial charge in [-0.3, -0.25) is 9.59 Å². The first-order valence-electron chi connectivity index (χ1n) is 8.59. The number of aryl methyl sites for hydroxylation is 4. The van der Waals surface area contributed by atoms with Crippen LogP contribution in [-0.2, 0) is 0 Å². The Balaban J connectivity index is 1.84. The summed E-state index contributed by atoms with van der Waals surface area (Å²) in [6.07, 6.45) is 2.51. The van der Waals surface area contributed by atoms with Gasteiger partial charge in [-0.25, -0.2) is 0 Å². The van der Waals surface area contributed by atoms with Crippen LogP contribution in [-0.4, -0.2) is 11.6 Å². The summed E-state index contributed by atoms with van der Waals surface area (Å²) in [5.41, 5.74) is 6.02. The molecule has 0 unspecified atom stereocenters. The van der Waals surface area contributed by atoms with Gasteiger partial charge in [0, 0.05) is 24.0 Å². The van der Waals surface area contributed by atoms with Gasteiger partial charge in [-0.15, -0.1) is 0 Å². The summed E-state index contributed by atoms with van der Waals surface area (Å²) in [7, 11) is 0. The van der Waals surface area contributed by atoms with Crippen molar-refractivity contribution in [1.29, 1.82) is 0 Å². The number of Topliss-reactive ketones (excluding diaryl/α,β-unsaturated/α-hetero) is 2. The summed E-state index contributed by atoms with van der Waals surface area (Å²) in [6.45, 7) is 8.01. The fourth-order valence-electron chi connectivity index (χ4n) is 3.09. The lowest BCUT2D eigenvalue weighted by Crippen LogP contribution is -2.04. The highest BCUT2D eigenvalue weighted by atomic mass is 16.1. The Morgan fingerprint density at radius 2 is 1.04 bits per heavy atom. The second kappa shape index (κ2) is 8.05. The number of unbranched alkanes of at least 4 members (excludes halogenated alkanes) is 1. The van der Waals surface area contributed by atoms with Crippen LogP contribution in [0.25, 0.3) is 0 Å². The van der Waals surface area contributed by atoms with Crippen molar-refractivity contribution in [2.75, 3.05) is 0 Å². The van der Waals surface area contributed by atoms with Crippen molar-refractivity contribution in [2.45, 2.75) is 53.4 Å².